The topological polar surface area (TPSA) is 37.8 Å². The number of nitrogens with zero attached hydrogens (tertiary/aromatic N) is 2. The van der Waals surface area contributed by atoms with Crippen LogP contribution < -0.4 is 5.32 Å². The lowest BCUT2D eigenvalue weighted by molar-refractivity contribution is 0.598. The first-order chi connectivity index (χ1) is 7.19. The molecule has 1 N–H and O–H groups in total. The van der Waals surface area contributed by atoms with Crippen LogP contribution in [0.1, 0.15) is 38.2 Å². The highest BCUT2D eigenvalue weighted by atomic mass is 19.1. The van der Waals surface area contributed by atoms with Gasteiger partial charge in [0.2, 0.25) is 0 Å². The van der Waals surface area contributed by atoms with Crippen LogP contribution in [0, 0.1) is 12.7 Å². The van der Waals surface area contributed by atoms with E-state index in [1.54, 1.807) is 6.92 Å². The van der Waals surface area contributed by atoms with Crippen LogP contribution in [0.25, 0.3) is 0 Å². The van der Waals surface area contributed by atoms with Crippen molar-refractivity contribution in [1.82, 2.24) is 9.97 Å². The maximum Gasteiger partial charge on any atom is 0.186 e. The van der Waals surface area contributed by atoms with Gasteiger partial charge in [0, 0.05) is 13.0 Å². The van der Waals surface area contributed by atoms with Crippen LogP contribution in [-0.2, 0) is 6.42 Å². The minimum absolute atomic E-state index is 0.330. The smallest absolute Gasteiger partial charge is 0.186 e. The minimum atomic E-state index is -0.330. The summed E-state index contributed by atoms with van der Waals surface area (Å²) in [5.74, 6) is 0.728. The zero-order valence-corrected chi connectivity index (χ0v) is 9.60. The van der Waals surface area contributed by atoms with E-state index in [4.69, 9.17) is 0 Å². The molecule has 0 bridgehead atoms. The fourth-order valence-electron chi connectivity index (χ4n) is 1.31. The molecule has 0 saturated heterocycles. The van der Waals surface area contributed by atoms with E-state index in [1.807, 2.05) is 6.92 Å². The van der Waals surface area contributed by atoms with Crippen LogP contribution in [0.2, 0.25) is 0 Å². The number of anilines is 1. The molecule has 4 heteroatoms. The van der Waals surface area contributed by atoms with E-state index in [9.17, 15) is 4.39 Å². The Kier molecular flexibility index (Phi) is 4.46. The van der Waals surface area contributed by atoms with Crippen molar-refractivity contribution in [3.8, 4) is 0 Å². The summed E-state index contributed by atoms with van der Waals surface area (Å²) < 4.78 is 13.6. The van der Waals surface area contributed by atoms with Crippen molar-refractivity contribution in [2.45, 2.75) is 40.0 Å². The van der Waals surface area contributed by atoms with Crippen molar-refractivity contribution in [2.75, 3.05) is 11.9 Å². The Morgan fingerprint density at radius 1 is 1.20 bits per heavy atom. The van der Waals surface area contributed by atoms with E-state index in [0.717, 1.165) is 31.6 Å². The summed E-state index contributed by atoms with van der Waals surface area (Å²) >= 11 is 0. The fourth-order valence-corrected chi connectivity index (χ4v) is 1.31. The zero-order valence-electron chi connectivity index (χ0n) is 9.60. The first-order valence-electron chi connectivity index (χ1n) is 5.45. The van der Waals surface area contributed by atoms with Gasteiger partial charge < -0.3 is 5.32 Å². The highest BCUT2D eigenvalue weighted by Crippen LogP contribution is 2.14. The predicted molar refractivity (Wildman–Crippen MR) is 59.5 cm³/mol. The molecule has 0 atom stereocenters. The fraction of sp³-hybridized carbons (Fsp3) is 0.636. The Labute approximate surface area is 90.1 Å². The molecule has 0 radical (unpaired) electrons. The molecule has 0 unspecified atom stereocenters. The normalized spacial score (nSPS) is 10.4. The van der Waals surface area contributed by atoms with Crippen molar-refractivity contribution in [3.05, 3.63) is 17.3 Å². The van der Waals surface area contributed by atoms with Crippen molar-refractivity contribution in [1.29, 1.82) is 0 Å². The van der Waals surface area contributed by atoms with Crippen molar-refractivity contribution in [3.63, 3.8) is 0 Å². The van der Waals surface area contributed by atoms with Gasteiger partial charge in [0.25, 0.3) is 0 Å². The Balaban J connectivity index is 2.91. The molecule has 15 heavy (non-hydrogen) atoms. The monoisotopic (exact) mass is 211 g/mol. The third-order valence-corrected chi connectivity index (χ3v) is 2.08. The first-order valence-corrected chi connectivity index (χ1v) is 5.45. The number of hydrogen-bond donors (Lipinski definition) is 1. The van der Waals surface area contributed by atoms with Gasteiger partial charge in [-0.1, -0.05) is 13.8 Å². The standard InChI is InChI=1S/C11H18FN3/c1-4-6-9-14-8(3)10(12)11(15-9)13-7-5-2/h4-7H2,1-3H3,(H,13,14,15). The lowest BCUT2D eigenvalue weighted by atomic mass is 10.3. The lowest BCUT2D eigenvalue weighted by Gasteiger charge is -2.08. The van der Waals surface area contributed by atoms with Gasteiger partial charge in [-0.2, -0.15) is 0 Å². The van der Waals surface area contributed by atoms with E-state index in [0.29, 0.717) is 11.5 Å². The first kappa shape index (κ1) is 11.9. The van der Waals surface area contributed by atoms with Crippen LogP contribution in [0.3, 0.4) is 0 Å². The molecule has 84 valence electrons. The van der Waals surface area contributed by atoms with Gasteiger partial charge in [0.1, 0.15) is 5.82 Å². The van der Waals surface area contributed by atoms with Crippen molar-refractivity contribution in [2.24, 2.45) is 0 Å². The molecule has 0 saturated carbocycles. The largest absolute Gasteiger partial charge is 0.368 e. The second-order valence-corrected chi connectivity index (χ2v) is 3.56. The lowest BCUT2D eigenvalue weighted by Crippen LogP contribution is -2.09. The number of nitrogens with one attached hydrogen (secondary N) is 1. The third kappa shape index (κ3) is 3.15. The van der Waals surface area contributed by atoms with Gasteiger partial charge in [0.05, 0.1) is 5.69 Å². The second-order valence-electron chi connectivity index (χ2n) is 3.56. The summed E-state index contributed by atoms with van der Waals surface area (Å²) in [6.45, 7) is 6.50. The number of hydrogen-bond acceptors (Lipinski definition) is 3. The SMILES string of the molecule is CCCNc1nc(CCC)nc(C)c1F. The summed E-state index contributed by atoms with van der Waals surface area (Å²) in [5.41, 5.74) is 0.423. The maximum atomic E-state index is 13.6. The number of rotatable bonds is 5. The molecule has 0 aromatic carbocycles. The van der Waals surface area contributed by atoms with Gasteiger partial charge in [-0.05, 0) is 19.8 Å². The summed E-state index contributed by atoms with van der Waals surface area (Å²) in [7, 11) is 0. The summed E-state index contributed by atoms with van der Waals surface area (Å²) in [5, 5.41) is 2.98. The molecular weight excluding hydrogens is 193 g/mol. The molecule has 0 amide bonds. The molecule has 1 rings (SSSR count). The van der Waals surface area contributed by atoms with Gasteiger partial charge >= 0.3 is 0 Å². The number of halogens is 1. The van der Waals surface area contributed by atoms with E-state index >= 15 is 0 Å². The summed E-state index contributed by atoms with van der Waals surface area (Å²) in [6.07, 6.45) is 2.71. The highest BCUT2D eigenvalue weighted by Gasteiger charge is 2.09. The van der Waals surface area contributed by atoms with Gasteiger partial charge in [0.15, 0.2) is 11.6 Å². The average Bonchev–Trinajstić information content (AvgIpc) is 2.21. The van der Waals surface area contributed by atoms with E-state index in [2.05, 4.69) is 22.2 Å². The molecule has 1 aromatic rings. The van der Waals surface area contributed by atoms with Crippen LogP contribution in [0.4, 0.5) is 10.2 Å². The summed E-state index contributed by atoms with van der Waals surface area (Å²) in [4.78, 5) is 8.27. The molecule has 0 fully saturated rings. The highest BCUT2D eigenvalue weighted by molar-refractivity contribution is 5.38. The predicted octanol–water partition coefficient (Wildman–Crippen LogP) is 2.70. The second kappa shape index (κ2) is 5.63. The molecule has 1 aromatic heterocycles. The van der Waals surface area contributed by atoms with Crippen LogP contribution >= 0.6 is 0 Å². The molecule has 0 spiro atoms. The number of aromatic nitrogens is 2. The average molecular weight is 211 g/mol. The van der Waals surface area contributed by atoms with E-state index < -0.39 is 0 Å². The third-order valence-electron chi connectivity index (χ3n) is 2.08. The Hall–Kier alpha value is -1.19. The van der Waals surface area contributed by atoms with Gasteiger partial charge in [-0.15, -0.1) is 0 Å². The van der Waals surface area contributed by atoms with Crippen LogP contribution in [0.5, 0.6) is 0 Å². The molecule has 0 aliphatic rings. The maximum absolute atomic E-state index is 13.6. The molecular formula is C11H18FN3. The van der Waals surface area contributed by atoms with Crippen LogP contribution in [-0.4, -0.2) is 16.5 Å². The minimum Gasteiger partial charge on any atom is -0.368 e. The molecule has 0 aliphatic heterocycles. The zero-order chi connectivity index (χ0) is 11.3. The summed E-state index contributed by atoms with van der Waals surface area (Å²) in [6, 6.07) is 0. The van der Waals surface area contributed by atoms with Crippen molar-refractivity contribution >= 4 is 5.82 Å². The Morgan fingerprint density at radius 3 is 2.53 bits per heavy atom. The van der Waals surface area contributed by atoms with Gasteiger partial charge in [-0.25, -0.2) is 14.4 Å². The van der Waals surface area contributed by atoms with Crippen LogP contribution in [0.15, 0.2) is 0 Å². The van der Waals surface area contributed by atoms with Crippen molar-refractivity contribution < 1.29 is 4.39 Å². The quantitative estimate of drug-likeness (QED) is 0.813. The Morgan fingerprint density at radius 2 is 1.93 bits per heavy atom. The molecule has 0 aliphatic carbocycles. The van der Waals surface area contributed by atoms with Gasteiger partial charge in [-0.3, -0.25) is 0 Å². The number of aryl methyl sites for hydroxylation is 2. The van der Waals surface area contributed by atoms with E-state index in [1.165, 1.54) is 0 Å². The van der Waals surface area contributed by atoms with E-state index in [-0.39, 0.29) is 5.82 Å². The molecule has 3 nitrogen and oxygen atoms in total. The Bertz CT molecular complexity index is 326. The molecule has 1 heterocycles.